The number of nitrogens with zero attached hydrogens (tertiary/aromatic N) is 1. The number of thioether (sulfide) groups is 1. The van der Waals surface area contributed by atoms with Crippen molar-refractivity contribution in [2.24, 2.45) is 7.05 Å². The summed E-state index contributed by atoms with van der Waals surface area (Å²) in [6.45, 7) is 1.70. The van der Waals surface area contributed by atoms with Crippen molar-refractivity contribution in [2.75, 3.05) is 0 Å². The zero-order chi connectivity index (χ0) is 11.9. The quantitative estimate of drug-likeness (QED) is 0.685. The van der Waals surface area contributed by atoms with Crippen molar-refractivity contribution in [3.05, 3.63) is 30.0 Å². The Balaban J connectivity index is 2.64. The fourth-order valence-corrected chi connectivity index (χ4v) is 2.53. The van der Waals surface area contributed by atoms with E-state index in [1.165, 1.54) is 0 Å². The predicted molar refractivity (Wildman–Crippen MR) is 59.6 cm³/mol. The first kappa shape index (κ1) is 11.4. The van der Waals surface area contributed by atoms with Crippen molar-refractivity contribution in [1.82, 2.24) is 4.57 Å². The monoisotopic (exact) mass is 245 g/mol. The lowest BCUT2D eigenvalue weighted by Crippen LogP contribution is -2.00. The van der Waals surface area contributed by atoms with Gasteiger partial charge in [-0.1, -0.05) is 18.2 Å². The molecule has 2 rings (SSSR count). The Kier molecular flexibility index (Phi) is 2.66. The number of alkyl halides is 3. The van der Waals surface area contributed by atoms with E-state index in [0.29, 0.717) is 16.0 Å². The van der Waals surface area contributed by atoms with Gasteiger partial charge in [-0.15, -0.1) is 0 Å². The molecule has 0 N–H and O–H groups in total. The maximum atomic E-state index is 12.4. The Bertz CT molecular complexity index is 528. The van der Waals surface area contributed by atoms with Crippen molar-refractivity contribution in [2.45, 2.75) is 17.3 Å². The zero-order valence-corrected chi connectivity index (χ0v) is 9.62. The standard InChI is InChI=1S/C11H10F3NS/c1-7-10(16-11(12,13)14)8-5-3-4-6-9(8)15(7)2/h3-6H,1-2H3. The molecule has 0 unspecified atom stereocenters. The van der Waals surface area contributed by atoms with Crippen molar-refractivity contribution in [3.63, 3.8) is 0 Å². The molecule has 0 aliphatic rings. The Morgan fingerprint density at radius 2 is 1.81 bits per heavy atom. The van der Waals surface area contributed by atoms with Crippen LogP contribution in [-0.4, -0.2) is 10.1 Å². The molecule has 0 fully saturated rings. The van der Waals surface area contributed by atoms with Gasteiger partial charge in [-0.2, -0.15) is 13.2 Å². The first-order chi connectivity index (χ1) is 7.40. The molecule has 0 aliphatic heterocycles. The molecular formula is C11H10F3NS. The summed E-state index contributed by atoms with van der Waals surface area (Å²) in [6.07, 6.45) is 0. The minimum absolute atomic E-state index is 0.0431. The maximum absolute atomic E-state index is 12.4. The number of fused-ring (bicyclic) bond motifs is 1. The average Bonchev–Trinajstić information content (AvgIpc) is 2.43. The molecule has 0 saturated heterocycles. The van der Waals surface area contributed by atoms with Gasteiger partial charge < -0.3 is 4.57 Å². The first-order valence-electron chi connectivity index (χ1n) is 4.70. The number of aromatic nitrogens is 1. The van der Waals surface area contributed by atoms with Crippen LogP contribution >= 0.6 is 11.8 Å². The largest absolute Gasteiger partial charge is 0.446 e. The lowest BCUT2D eigenvalue weighted by Gasteiger charge is -2.05. The highest BCUT2D eigenvalue weighted by Crippen LogP contribution is 2.42. The van der Waals surface area contributed by atoms with E-state index in [2.05, 4.69) is 0 Å². The molecule has 0 amide bonds. The molecular weight excluding hydrogens is 235 g/mol. The lowest BCUT2D eigenvalue weighted by molar-refractivity contribution is -0.0327. The van der Waals surface area contributed by atoms with Gasteiger partial charge in [0.2, 0.25) is 0 Å². The number of aryl methyl sites for hydroxylation is 1. The van der Waals surface area contributed by atoms with Crippen molar-refractivity contribution in [1.29, 1.82) is 0 Å². The van der Waals surface area contributed by atoms with Gasteiger partial charge in [0.25, 0.3) is 0 Å². The molecule has 2 aromatic rings. The number of halogens is 3. The van der Waals surface area contributed by atoms with Crippen LogP contribution in [-0.2, 0) is 7.05 Å². The van der Waals surface area contributed by atoms with E-state index in [-0.39, 0.29) is 11.8 Å². The maximum Gasteiger partial charge on any atom is 0.446 e. The molecule has 0 radical (unpaired) electrons. The summed E-state index contributed by atoms with van der Waals surface area (Å²) in [5.41, 5.74) is -2.77. The smallest absolute Gasteiger partial charge is 0.347 e. The second-order valence-corrected chi connectivity index (χ2v) is 4.61. The normalized spacial score (nSPS) is 12.3. The SMILES string of the molecule is Cc1c(SC(F)(F)F)c2ccccc2n1C. The summed E-state index contributed by atoms with van der Waals surface area (Å²) in [5, 5.41) is 0.657. The van der Waals surface area contributed by atoms with E-state index in [0.717, 1.165) is 5.52 Å². The highest BCUT2D eigenvalue weighted by molar-refractivity contribution is 8.00. The minimum Gasteiger partial charge on any atom is -0.347 e. The molecule has 5 heteroatoms. The van der Waals surface area contributed by atoms with Gasteiger partial charge in [0.05, 0.1) is 0 Å². The summed E-state index contributed by atoms with van der Waals surface area (Å²) < 4.78 is 39.0. The molecule has 16 heavy (non-hydrogen) atoms. The molecule has 0 saturated carbocycles. The Morgan fingerprint density at radius 3 is 2.44 bits per heavy atom. The second kappa shape index (κ2) is 3.73. The summed E-state index contributed by atoms with van der Waals surface area (Å²) in [6, 6.07) is 7.12. The van der Waals surface area contributed by atoms with Crippen LogP contribution in [0.15, 0.2) is 29.2 Å². The first-order valence-corrected chi connectivity index (χ1v) is 5.51. The molecule has 0 atom stereocenters. The minimum atomic E-state index is -4.24. The predicted octanol–water partition coefficient (Wildman–Crippen LogP) is 4.10. The van der Waals surface area contributed by atoms with E-state index in [9.17, 15) is 13.2 Å². The van der Waals surface area contributed by atoms with Crippen LogP contribution in [0, 0.1) is 6.92 Å². The third-order valence-electron chi connectivity index (χ3n) is 2.56. The Hall–Kier alpha value is -1.10. The lowest BCUT2D eigenvalue weighted by atomic mass is 10.2. The van der Waals surface area contributed by atoms with Crippen LogP contribution in [0.1, 0.15) is 5.69 Å². The number of rotatable bonds is 1. The van der Waals surface area contributed by atoms with Crippen LogP contribution in [0.3, 0.4) is 0 Å². The Morgan fingerprint density at radius 1 is 1.19 bits per heavy atom. The summed E-state index contributed by atoms with van der Waals surface area (Å²) in [4.78, 5) is 0.297. The van der Waals surface area contributed by atoms with Crippen LogP contribution in [0.2, 0.25) is 0 Å². The number of hydrogen-bond acceptors (Lipinski definition) is 1. The van der Waals surface area contributed by atoms with Gasteiger partial charge in [-0.05, 0) is 24.8 Å². The molecule has 1 aromatic heterocycles. The van der Waals surface area contributed by atoms with Gasteiger partial charge >= 0.3 is 5.51 Å². The molecule has 1 aromatic carbocycles. The van der Waals surface area contributed by atoms with Gasteiger partial charge in [0.1, 0.15) is 0 Å². The Labute approximate surface area is 95.2 Å². The van der Waals surface area contributed by atoms with Gasteiger partial charge in [0, 0.05) is 28.5 Å². The zero-order valence-electron chi connectivity index (χ0n) is 8.80. The van der Waals surface area contributed by atoms with Crippen LogP contribution < -0.4 is 0 Å². The van der Waals surface area contributed by atoms with Crippen LogP contribution in [0.5, 0.6) is 0 Å². The van der Waals surface area contributed by atoms with E-state index < -0.39 is 5.51 Å². The molecule has 1 heterocycles. The molecule has 0 spiro atoms. The topological polar surface area (TPSA) is 4.93 Å². The summed E-state index contributed by atoms with van der Waals surface area (Å²) in [5.74, 6) is 0. The molecule has 0 aliphatic carbocycles. The van der Waals surface area contributed by atoms with Gasteiger partial charge in [0.15, 0.2) is 0 Å². The highest BCUT2D eigenvalue weighted by atomic mass is 32.2. The molecule has 86 valence electrons. The number of hydrogen-bond donors (Lipinski definition) is 0. The summed E-state index contributed by atoms with van der Waals surface area (Å²) in [7, 11) is 1.78. The number of benzene rings is 1. The van der Waals surface area contributed by atoms with E-state index in [1.807, 2.05) is 12.1 Å². The van der Waals surface area contributed by atoms with Crippen molar-refractivity contribution >= 4 is 22.7 Å². The van der Waals surface area contributed by atoms with E-state index in [1.54, 1.807) is 30.7 Å². The van der Waals surface area contributed by atoms with E-state index in [4.69, 9.17) is 0 Å². The molecule has 0 bridgehead atoms. The third-order valence-corrected chi connectivity index (χ3v) is 3.51. The van der Waals surface area contributed by atoms with Crippen LogP contribution in [0.4, 0.5) is 13.2 Å². The van der Waals surface area contributed by atoms with Gasteiger partial charge in [-0.25, -0.2) is 0 Å². The highest BCUT2D eigenvalue weighted by Gasteiger charge is 2.32. The van der Waals surface area contributed by atoms with Crippen molar-refractivity contribution < 1.29 is 13.2 Å². The summed E-state index contributed by atoms with van der Waals surface area (Å²) >= 11 is -0.0431. The van der Waals surface area contributed by atoms with Crippen LogP contribution in [0.25, 0.3) is 10.9 Å². The number of para-hydroxylation sites is 1. The van der Waals surface area contributed by atoms with Crippen molar-refractivity contribution in [3.8, 4) is 0 Å². The fourth-order valence-electron chi connectivity index (χ4n) is 1.73. The third kappa shape index (κ3) is 1.91. The average molecular weight is 245 g/mol. The van der Waals surface area contributed by atoms with Gasteiger partial charge in [-0.3, -0.25) is 0 Å². The fraction of sp³-hybridized carbons (Fsp3) is 0.273. The molecule has 1 nitrogen and oxygen atoms in total. The second-order valence-electron chi connectivity index (χ2n) is 3.54. The van der Waals surface area contributed by atoms with E-state index >= 15 is 0 Å².